The van der Waals surface area contributed by atoms with Crippen molar-refractivity contribution in [3.05, 3.63) is 77.3 Å². The van der Waals surface area contributed by atoms with Crippen LogP contribution in [0.4, 0.5) is 4.39 Å². The van der Waals surface area contributed by atoms with Gasteiger partial charge in [0, 0.05) is 19.3 Å². The maximum atomic E-state index is 13.1. The lowest BCUT2D eigenvalue weighted by Gasteiger charge is -2.17. The Morgan fingerprint density at radius 3 is 2.47 bits per heavy atom. The fraction of sp³-hybridized carbons (Fsp3) is 0.348. The van der Waals surface area contributed by atoms with Crippen LogP contribution in [0.5, 0.6) is 5.75 Å². The zero-order valence-electron chi connectivity index (χ0n) is 17.2. The number of amides is 1. The molecule has 7 heteroatoms. The molecular formula is C23H26FN3O3. The van der Waals surface area contributed by atoms with E-state index in [4.69, 9.17) is 9.15 Å². The molecule has 0 saturated carbocycles. The number of nitrogens with zero attached hydrogens (tertiary/aromatic N) is 2. The third-order valence-corrected chi connectivity index (χ3v) is 4.89. The lowest BCUT2D eigenvalue weighted by molar-refractivity contribution is -0.121. The summed E-state index contributed by atoms with van der Waals surface area (Å²) in [6.45, 7) is 1.97. The highest BCUT2D eigenvalue weighted by Gasteiger charge is 2.15. The summed E-state index contributed by atoms with van der Waals surface area (Å²) in [6.07, 6.45) is 2.65. The van der Waals surface area contributed by atoms with Crippen molar-refractivity contribution in [2.24, 2.45) is 0 Å². The van der Waals surface area contributed by atoms with E-state index < -0.39 is 0 Å². The molecule has 0 fully saturated rings. The zero-order chi connectivity index (χ0) is 21.3. The molecule has 1 N–H and O–H groups in total. The van der Waals surface area contributed by atoms with Gasteiger partial charge in [0.25, 0.3) is 0 Å². The molecule has 0 aliphatic rings. The first-order chi connectivity index (χ1) is 14.6. The number of ether oxygens (including phenoxy) is 1. The summed E-state index contributed by atoms with van der Waals surface area (Å²) in [6, 6.07) is 13.8. The van der Waals surface area contributed by atoms with Gasteiger partial charge in [0.1, 0.15) is 11.6 Å². The molecule has 1 unspecified atom stereocenters. The van der Waals surface area contributed by atoms with Crippen molar-refractivity contribution in [1.82, 2.24) is 15.5 Å². The smallest absolute Gasteiger partial charge is 0.220 e. The first kappa shape index (κ1) is 21.5. The van der Waals surface area contributed by atoms with Gasteiger partial charge in [0.05, 0.1) is 13.2 Å². The summed E-state index contributed by atoms with van der Waals surface area (Å²) in [7, 11) is 1.65. The maximum absolute atomic E-state index is 13.1. The van der Waals surface area contributed by atoms with Crippen molar-refractivity contribution in [3.63, 3.8) is 0 Å². The number of halogens is 1. The normalized spacial score (nSPS) is 11.8. The predicted molar refractivity (Wildman–Crippen MR) is 111 cm³/mol. The number of carbonyl (C=O) groups excluding carboxylic acids is 1. The summed E-state index contributed by atoms with van der Waals surface area (Å²) < 4.78 is 24.1. The largest absolute Gasteiger partial charge is 0.496 e. The number of para-hydroxylation sites is 1. The van der Waals surface area contributed by atoms with Crippen LogP contribution in [0, 0.1) is 5.82 Å². The number of aryl methyl sites for hydroxylation is 3. The molecule has 3 aromatic rings. The number of methoxy groups -OCH3 is 1. The highest BCUT2D eigenvalue weighted by Crippen LogP contribution is 2.20. The fourth-order valence-electron chi connectivity index (χ4n) is 3.24. The Balaban J connectivity index is 1.48. The Kier molecular flexibility index (Phi) is 7.54. The maximum Gasteiger partial charge on any atom is 0.220 e. The van der Waals surface area contributed by atoms with Gasteiger partial charge in [-0.15, -0.1) is 10.2 Å². The van der Waals surface area contributed by atoms with Gasteiger partial charge in [-0.2, -0.15) is 0 Å². The first-order valence-electron chi connectivity index (χ1n) is 10.1. The van der Waals surface area contributed by atoms with Crippen LogP contribution in [0.15, 0.2) is 52.9 Å². The minimum atomic E-state index is -0.294. The minimum Gasteiger partial charge on any atom is -0.496 e. The second-order valence-corrected chi connectivity index (χ2v) is 6.98. The van der Waals surface area contributed by atoms with Crippen LogP contribution in [0.3, 0.4) is 0 Å². The zero-order valence-corrected chi connectivity index (χ0v) is 17.2. The third kappa shape index (κ3) is 5.89. The van der Waals surface area contributed by atoms with Crippen molar-refractivity contribution in [2.75, 3.05) is 7.11 Å². The van der Waals surface area contributed by atoms with Gasteiger partial charge < -0.3 is 14.5 Å². The third-order valence-electron chi connectivity index (χ3n) is 4.89. The van der Waals surface area contributed by atoms with Crippen LogP contribution in [0.2, 0.25) is 0 Å². The van der Waals surface area contributed by atoms with E-state index in [1.54, 1.807) is 19.2 Å². The molecule has 2 aromatic carbocycles. The molecule has 3 rings (SSSR count). The standard InChI is InChI=1S/C23H26FN3O3/c1-3-19(16-8-11-18(24)12-9-16)25-21(28)13-15-23-27-26-22(30-23)14-10-17-6-4-5-7-20(17)29-2/h4-9,11-12,19H,3,10,13-15H2,1-2H3,(H,25,28). The van der Waals surface area contributed by atoms with Crippen molar-refractivity contribution < 1.29 is 18.3 Å². The van der Waals surface area contributed by atoms with E-state index in [9.17, 15) is 9.18 Å². The summed E-state index contributed by atoms with van der Waals surface area (Å²) in [5.41, 5.74) is 1.95. The predicted octanol–water partition coefficient (Wildman–Crippen LogP) is 4.20. The van der Waals surface area contributed by atoms with Crippen molar-refractivity contribution in [2.45, 2.75) is 45.1 Å². The van der Waals surface area contributed by atoms with E-state index in [1.807, 2.05) is 31.2 Å². The van der Waals surface area contributed by atoms with Crippen LogP contribution in [-0.2, 0) is 24.1 Å². The van der Waals surface area contributed by atoms with Crippen LogP contribution < -0.4 is 10.1 Å². The molecule has 0 radical (unpaired) electrons. The molecule has 0 saturated heterocycles. The summed E-state index contributed by atoms with van der Waals surface area (Å²) in [5, 5.41) is 11.1. The monoisotopic (exact) mass is 411 g/mol. The molecule has 6 nitrogen and oxygen atoms in total. The lowest BCUT2D eigenvalue weighted by atomic mass is 10.0. The summed E-state index contributed by atoms with van der Waals surface area (Å²) >= 11 is 0. The molecule has 0 spiro atoms. The summed E-state index contributed by atoms with van der Waals surface area (Å²) in [4.78, 5) is 12.3. The molecule has 1 atom stereocenters. The Bertz CT molecular complexity index is 956. The SMILES string of the molecule is CCC(NC(=O)CCc1nnc(CCc2ccccc2OC)o1)c1ccc(F)cc1. The van der Waals surface area contributed by atoms with E-state index in [0.717, 1.165) is 23.3 Å². The van der Waals surface area contributed by atoms with Gasteiger partial charge in [-0.25, -0.2) is 4.39 Å². The molecule has 1 aromatic heterocycles. The summed E-state index contributed by atoms with van der Waals surface area (Å²) in [5.74, 6) is 1.40. The number of benzene rings is 2. The molecule has 0 aliphatic heterocycles. The van der Waals surface area contributed by atoms with E-state index in [-0.39, 0.29) is 24.2 Å². The van der Waals surface area contributed by atoms with Crippen molar-refractivity contribution in [3.8, 4) is 5.75 Å². The van der Waals surface area contributed by atoms with Crippen LogP contribution in [0.25, 0.3) is 0 Å². The van der Waals surface area contributed by atoms with Crippen LogP contribution in [-0.4, -0.2) is 23.2 Å². The van der Waals surface area contributed by atoms with Gasteiger partial charge in [0.2, 0.25) is 17.7 Å². The molecular weight excluding hydrogens is 385 g/mol. The Labute approximate surface area is 175 Å². The Hall–Kier alpha value is -3.22. The van der Waals surface area contributed by atoms with E-state index in [1.165, 1.54) is 12.1 Å². The van der Waals surface area contributed by atoms with Crippen molar-refractivity contribution in [1.29, 1.82) is 0 Å². The second-order valence-electron chi connectivity index (χ2n) is 6.98. The Morgan fingerprint density at radius 2 is 1.77 bits per heavy atom. The molecule has 1 amide bonds. The number of nitrogens with one attached hydrogen (secondary N) is 1. The van der Waals surface area contributed by atoms with Gasteiger partial charge in [-0.1, -0.05) is 37.3 Å². The van der Waals surface area contributed by atoms with Gasteiger partial charge >= 0.3 is 0 Å². The van der Waals surface area contributed by atoms with Gasteiger partial charge in [-0.05, 0) is 42.2 Å². The van der Waals surface area contributed by atoms with E-state index in [0.29, 0.717) is 31.0 Å². The topological polar surface area (TPSA) is 77.2 Å². The van der Waals surface area contributed by atoms with Crippen molar-refractivity contribution >= 4 is 5.91 Å². The Morgan fingerprint density at radius 1 is 1.07 bits per heavy atom. The average molecular weight is 411 g/mol. The highest BCUT2D eigenvalue weighted by molar-refractivity contribution is 5.76. The molecule has 0 bridgehead atoms. The number of carbonyl (C=O) groups is 1. The lowest BCUT2D eigenvalue weighted by Crippen LogP contribution is -2.28. The molecule has 30 heavy (non-hydrogen) atoms. The fourth-order valence-corrected chi connectivity index (χ4v) is 3.24. The second kappa shape index (κ2) is 10.5. The first-order valence-corrected chi connectivity index (χ1v) is 10.1. The van der Waals surface area contributed by atoms with Gasteiger partial charge in [-0.3, -0.25) is 4.79 Å². The average Bonchev–Trinajstić information content (AvgIpc) is 3.23. The molecule has 158 valence electrons. The molecule has 1 heterocycles. The number of rotatable bonds is 10. The van der Waals surface area contributed by atoms with Gasteiger partial charge in [0.15, 0.2) is 0 Å². The van der Waals surface area contributed by atoms with Crippen LogP contribution >= 0.6 is 0 Å². The molecule has 0 aliphatic carbocycles. The van der Waals surface area contributed by atoms with E-state index >= 15 is 0 Å². The number of aromatic nitrogens is 2. The number of hydrogen-bond donors (Lipinski definition) is 1. The quantitative estimate of drug-likeness (QED) is 0.541. The van der Waals surface area contributed by atoms with Crippen LogP contribution in [0.1, 0.15) is 48.7 Å². The highest BCUT2D eigenvalue weighted by atomic mass is 19.1. The number of hydrogen-bond acceptors (Lipinski definition) is 5. The minimum absolute atomic E-state index is 0.111. The van der Waals surface area contributed by atoms with E-state index in [2.05, 4.69) is 15.5 Å².